The van der Waals surface area contributed by atoms with Crippen LogP contribution in [0, 0.1) is 3.57 Å². The summed E-state index contributed by atoms with van der Waals surface area (Å²) in [6.45, 7) is -0.426. The number of benzene rings is 3. The average Bonchev–Trinajstić information content (AvgIpc) is 2.73. The van der Waals surface area contributed by atoms with E-state index in [0.29, 0.717) is 16.3 Å². The van der Waals surface area contributed by atoms with E-state index in [2.05, 4.69) is 33.1 Å². The van der Waals surface area contributed by atoms with Crippen molar-refractivity contribution in [3.05, 3.63) is 93.0 Å². The molecule has 0 spiro atoms. The fourth-order valence-electron chi connectivity index (χ4n) is 2.57. The maximum absolute atomic E-state index is 13.2. The Kier molecular flexibility index (Phi) is 7.46. The highest BCUT2D eigenvalue weighted by Gasteiger charge is 2.27. The molecule has 9 heteroatoms. The largest absolute Gasteiger partial charge is 0.271 e. The van der Waals surface area contributed by atoms with Crippen molar-refractivity contribution in [3.63, 3.8) is 0 Å². The molecule has 0 atom stereocenters. The monoisotopic (exact) mass is 553 g/mol. The van der Waals surface area contributed by atoms with Gasteiger partial charge in [-0.3, -0.25) is 9.10 Å². The summed E-state index contributed by atoms with van der Waals surface area (Å²) in [5.74, 6) is -0.577. The van der Waals surface area contributed by atoms with Gasteiger partial charge in [-0.2, -0.15) is 5.10 Å². The lowest BCUT2D eigenvalue weighted by Crippen LogP contribution is -2.39. The zero-order valence-electron chi connectivity index (χ0n) is 15.6. The molecule has 0 fully saturated rings. The number of rotatable bonds is 7. The van der Waals surface area contributed by atoms with Crippen molar-refractivity contribution < 1.29 is 13.2 Å². The Labute approximate surface area is 193 Å². The molecular formula is C21H17ClIN3O3S. The minimum atomic E-state index is -3.94. The minimum Gasteiger partial charge on any atom is -0.271 e. The van der Waals surface area contributed by atoms with Crippen molar-refractivity contribution in [2.24, 2.45) is 5.10 Å². The van der Waals surface area contributed by atoms with Crippen LogP contribution >= 0.6 is 34.2 Å². The van der Waals surface area contributed by atoms with Crippen LogP contribution in [-0.2, 0) is 14.8 Å². The Morgan fingerprint density at radius 2 is 1.73 bits per heavy atom. The first kappa shape index (κ1) is 22.3. The second kappa shape index (κ2) is 10.1. The standard InChI is InChI=1S/C21H17ClIN3O3S/c22-17-6-4-5-16(13-17)14-24-25-21(27)15-26(19-11-9-18(23)10-12-19)30(28,29)20-7-2-1-3-8-20/h1-14H,15H2,(H,25,27)/b24-14-. The third kappa shape index (κ3) is 5.80. The van der Waals surface area contributed by atoms with Crippen LogP contribution in [0.15, 0.2) is 88.9 Å². The van der Waals surface area contributed by atoms with Crippen LogP contribution in [0.1, 0.15) is 5.56 Å². The Morgan fingerprint density at radius 1 is 1.03 bits per heavy atom. The fraction of sp³-hybridized carbons (Fsp3) is 0.0476. The van der Waals surface area contributed by atoms with Crippen LogP contribution in [0.3, 0.4) is 0 Å². The van der Waals surface area contributed by atoms with E-state index in [1.165, 1.54) is 18.3 Å². The third-order valence-electron chi connectivity index (χ3n) is 3.98. The van der Waals surface area contributed by atoms with Crippen LogP contribution in [0.2, 0.25) is 5.02 Å². The molecule has 6 nitrogen and oxygen atoms in total. The smallest absolute Gasteiger partial charge is 0.264 e. The van der Waals surface area contributed by atoms with E-state index >= 15 is 0 Å². The first-order chi connectivity index (χ1) is 14.4. The van der Waals surface area contributed by atoms with Gasteiger partial charge in [0.2, 0.25) is 0 Å². The first-order valence-electron chi connectivity index (χ1n) is 8.77. The highest BCUT2D eigenvalue weighted by Crippen LogP contribution is 2.24. The van der Waals surface area contributed by atoms with Gasteiger partial charge in [0.15, 0.2) is 0 Å². The fourth-order valence-corrected chi connectivity index (χ4v) is 4.57. The van der Waals surface area contributed by atoms with Crippen LogP contribution < -0.4 is 9.73 Å². The second-order valence-corrected chi connectivity index (χ2v) is 9.69. The summed E-state index contributed by atoms with van der Waals surface area (Å²) >= 11 is 8.05. The van der Waals surface area contributed by atoms with Crippen LogP contribution in [0.5, 0.6) is 0 Å². The Hall–Kier alpha value is -2.43. The average molecular weight is 554 g/mol. The quantitative estimate of drug-likeness (QED) is 0.269. The van der Waals surface area contributed by atoms with Gasteiger partial charge < -0.3 is 0 Å². The van der Waals surface area contributed by atoms with Crippen molar-refractivity contribution in [2.75, 3.05) is 10.8 Å². The van der Waals surface area contributed by atoms with E-state index in [-0.39, 0.29) is 4.90 Å². The number of nitrogens with zero attached hydrogens (tertiary/aromatic N) is 2. The van der Waals surface area contributed by atoms with Crippen LogP contribution in [0.25, 0.3) is 0 Å². The molecule has 0 saturated heterocycles. The van der Waals surface area contributed by atoms with Gasteiger partial charge in [0, 0.05) is 8.59 Å². The summed E-state index contributed by atoms with van der Waals surface area (Å²) in [5, 5.41) is 4.44. The summed E-state index contributed by atoms with van der Waals surface area (Å²) in [4.78, 5) is 12.6. The number of carbonyl (C=O) groups excluding carboxylic acids is 1. The van der Waals surface area contributed by atoms with E-state index in [1.807, 2.05) is 0 Å². The molecule has 3 aromatic carbocycles. The Morgan fingerprint density at radius 3 is 2.40 bits per heavy atom. The van der Waals surface area contributed by atoms with E-state index in [0.717, 1.165) is 7.88 Å². The summed E-state index contributed by atoms with van der Waals surface area (Å²) in [7, 11) is -3.94. The molecule has 1 amide bonds. The summed E-state index contributed by atoms with van der Waals surface area (Å²) < 4.78 is 28.4. The molecule has 3 aromatic rings. The molecule has 0 aliphatic heterocycles. The maximum Gasteiger partial charge on any atom is 0.264 e. The zero-order valence-corrected chi connectivity index (χ0v) is 19.3. The lowest BCUT2D eigenvalue weighted by atomic mass is 10.2. The molecule has 154 valence electrons. The van der Waals surface area contributed by atoms with Gasteiger partial charge in [-0.05, 0) is 76.7 Å². The lowest BCUT2D eigenvalue weighted by molar-refractivity contribution is -0.119. The number of nitrogens with one attached hydrogen (secondary N) is 1. The molecule has 0 radical (unpaired) electrons. The molecule has 0 bridgehead atoms. The molecule has 3 rings (SSSR count). The molecular weight excluding hydrogens is 537 g/mol. The molecule has 0 aliphatic rings. The molecule has 0 heterocycles. The van der Waals surface area contributed by atoms with Gasteiger partial charge in [0.1, 0.15) is 6.54 Å². The van der Waals surface area contributed by atoms with Crippen molar-refractivity contribution in [2.45, 2.75) is 4.90 Å². The number of halogens is 2. The van der Waals surface area contributed by atoms with Gasteiger partial charge in [0.25, 0.3) is 15.9 Å². The normalized spacial score (nSPS) is 11.4. The maximum atomic E-state index is 13.2. The van der Waals surface area contributed by atoms with E-state index in [1.54, 1.807) is 66.7 Å². The van der Waals surface area contributed by atoms with Gasteiger partial charge in [-0.1, -0.05) is 41.9 Å². The number of amides is 1. The van der Waals surface area contributed by atoms with Crippen molar-refractivity contribution in [3.8, 4) is 0 Å². The van der Waals surface area contributed by atoms with Crippen LogP contribution in [0.4, 0.5) is 5.69 Å². The summed E-state index contributed by atoms with van der Waals surface area (Å²) in [5.41, 5.74) is 3.45. The number of hydrazone groups is 1. The van der Waals surface area contributed by atoms with E-state index in [4.69, 9.17) is 11.6 Å². The van der Waals surface area contributed by atoms with Gasteiger partial charge in [-0.25, -0.2) is 13.8 Å². The highest BCUT2D eigenvalue weighted by atomic mass is 127. The predicted octanol–water partition coefficient (Wildman–Crippen LogP) is 4.29. The molecule has 0 unspecified atom stereocenters. The topological polar surface area (TPSA) is 78.8 Å². The summed E-state index contributed by atoms with van der Waals surface area (Å²) in [6, 6.07) is 21.8. The highest BCUT2D eigenvalue weighted by molar-refractivity contribution is 14.1. The molecule has 0 saturated carbocycles. The number of sulfonamides is 1. The van der Waals surface area contributed by atoms with Crippen molar-refractivity contribution in [1.82, 2.24) is 5.43 Å². The van der Waals surface area contributed by atoms with Gasteiger partial charge in [-0.15, -0.1) is 0 Å². The zero-order chi connectivity index (χ0) is 21.6. The molecule has 0 aromatic heterocycles. The number of anilines is 1. The number of hydrogen-bond donors (Lipinski definition) is 1. The van der Waals surface area contributed by atoms with Crippen LogP contribution in [-0.4, -0.2) is 27.1 Å². The SMILES string of the molecule is O=C(CN(c1ccc(I)cc1)S(=O)(=O)c1ccccc1)N/N=C\c1cccc(Cl)c1. The second-order valence-electron chi connectivity index (χ2n) is 6.15. The molecule has 1 N–H and O–H groups in total. The minimum absolute atomic E-state index is 0.0961. The van der Waals surface area contributed by atoms with Crippen molar-refractivity contribution in [1.29, 1.82) is 0 Å². The number of carbonyl (C=O) groups is 1. The van der Waals surface area contributed by atoms with E-state index in [9.17, 15) is 13.2 Å². The third-order valence-corrected chi connectivity index (χ3v) is 6.73. The van der Waals surface area contributed by atoms with Gasteiger partial charge >= 0.3 is 0 Å². The molecule has 30 heavy (non-hydrogen) atoms. The Balaban J connectivity index is 1.82. The summed E-state index contributed by atoms with van der Waals surface area (Å²) in [6.07, 6.45) is 1.44. The van der Waals surface area contributed by atoms with Crippen molar-refractivity contribution >= 4 is 62.0 Å². The van der Waals surface area contributed by atoms with E-state index < -0.39 is 22.5 Å². The first-order valence-corrected chi connectivity index (χ1v) is 11.7. The Bertz CT molecular complexity index is 1150. The van der Waals surface area contributed by atoms with Gasteiger partial charge in [0.05, 0.1) is 16.8 Å². The predicted molar refractivity (Wildman–Crippen MR) is 127 cm³/mol. The number of hydrogen-bond acceptors (Lipinski definition) is 4. The molecule has 0 aliphatic carbocycles. The lowest BCUT2D eigenvalue weighted by Gasteiger charge is -2.23.